The van der Waals surface area contributed by atoms with E-state index in [9.17, 15) is 24.0 Å². The predicted octanol–water partition coefficient (Wildman–Crippen LogP) is 2.59. The molecule has 0 saturated carbocycles. The van der Waals surface area contributed by atoms with E-state index in [-0.39, 0.29) is 39.9 Å². The minimum Gasteiger partial charge on any atom is -0.359 e. The molecule has 0 aliphatic rings. The quantitative estimate of drug-likeness (QED) is 0.0495. The Balaban J connectivity index is 0.00000702. The molecule has 272 valence electrons. The van der Waals surface area contributed by atoms with Gasteiger partial charge in [-0.05, 0) is 40.2 Å². The molecule has 0 spiro atoms. The van der Waals surface area contributed by atoms with Crippen LogP contribution in [0.1, 0.15) is 42.0 Å². The molecular weight excluding hydrogens is 748 g/mol. The first-order valence-electron chi connectivity index (χ1n) is 15.1. The Bertz CT molecular complexity index is 2000. The van der Waals surface area contributed by atoms with Gasteiger partial charge in [-0.2, -0.15) is 0 Å². The number of carbonyl (C=O) groups excluding carboxylic acids is 5. The highest BCUT2D eigenvalue weighted by Crippen LogP contribution is 2.21. The Morgan fingerprint density at radius 2 is 0.961 bits per heavy atom. The smallest absolute Gasteiger partial charge is 0.272 e. The lowest BCUT2D eigenvalue weighted by Crippen LogP contribution is -2.40. The van der Waals surface area contributed by atoms with E-state index < -0.39 is 23.6 Å². The van der Waals surface area contributed by atoms with E-state index in [0.717, 1.165) is 0 Å². The third-order valence-electron chi connectivity index (χ3n) is 7.39. The Kier molecular flexibility index (Phi) is 13.4. The second-order valence-corrected chi connectivity index (χ2v) is 12.1. The van der Waals surface area contributed by atoms with Gasteiger partial charge < -0.3 is 55.5 Å². The number of aromatic nitrogens is 4. The number of rotatable bonds is 12. The lowest BCUT2D eigenvalue weighted by Gasteiger charge is -2.09. The van der Waals surface area contributed by atoms with Crippen molar-refractivity contribution >= 4 is 86.6 Å². The molecule has 19 heteroatoms. The van der Waals surface area contributed by atoms with Crippen molar-refractivity contribution in [2.45, 2.75) is 0 Å². The molecule has 7 N–H and O–H groups in total. The van der Waals surface area contributed by atoms with Crippen LogP contribution in [0.25, 0.3) is 0 Å². The van der Waals surface area contributed by atoms with Gasteiger partial charge in [-0.15, -0.1) is 12.4 Å². The summed E-state index contributed by atoms with van der Waals surface area (Å²) in [4.78, 5) is 68.0. The number of aryl methyl sites for hydroxylation is 4. The molecule has 51 heavy (non-hydrogen) atoms. The van der Waals surface area contributed by atoms with E-state index >= 15 is 0 Å². The highest BCUT2D eigenvalue weighted by molar-refractivity contribution is 9.12. The van der Waals surface area contributed by atoms with E-state index in [2.05, 4.69) is 64.7 Å². The molecule has 0 bridgehead atoms. The first kappa shape index (κ1) is 39.7. The van der Waals surface area contributed by atoms with E-state index in [4.69, 9.17) is 0 Å². The lowest BCUT2D eigenvalue weighted by molar-refractivity contribution is -0.112. The van der Waals surface area contributed by atoms with Crippen molar-refractivity contribution in [2.75, 3.05) is 48.5 Å². The van der Waals surface area contributed by atoms with Crippen LogP contribution in [0.2, 0.25) is 0 Å². The number of carbonyl (C=O) groups is 5. The average Bonchev–Trinajstić information content (AvgIpc) is 3.82. The van der Waals surface area contributed by atoms with Gasteiger partial charge in [-0.25, -0.2) is 0 Å². The molecule has 4 rings (SSSR count). The van der Waals surface area contributed by atoms with Gasteiger partial charge in [-0.3, -0.25) is 29.0 Å². The molecule has 0 aliphatic carbocycles. The summed E-state index contributed by atoms with van der Waals surface area (Å²) < 4.78 is 6.43. The fraction of sp³-hybridized carbons (Fsp3) is 0.250. The fourth-order valence-corrected chi connectivity index (χ4v) is 5.04. The molecule has 0 fully saturated rings. The molecule has 4 aromatic heterocycles. The molecule has 5 amide bonds. The van der Waals surface area contributed by atoms with Crippen molar-refractivity contribution in [1.82, 2.24) is 34.2 Å². The van der Waals surface area contributed by atoms with Gasteiger partial charge in [0.2, 0.25) is 0 Å². The molecular formula is C32H40BrClN12O5. The maximum atomic E-state index is 13.2. The number of nitrogens with zero attached hydrogens (tertiary/aromatic N) is 5. The third kappa shape index (κ3) is 9.92. The van der Waals surface area contributed by atoms with Crippen molar-refractivity contribution in [2.24, 2.45) is 33.2 Å². The monoisotopic (exact) mass is 786 g/mol. The summed E-state index contributed by atoms with van der Waals surface area (Å²) in [5.74, 6) is -1.51. The topological polar surface area (TPSA) is 202 Å². The zero-order chi connectivity index (χ0) is 36.7. The van der Waals surface area contributed by atoms with Crippen LogP contribution < -0.4 is 37.2 Å². The highest BCUT2D eigenvalue weighted by Gasteiger charge is 2.20. The van der Waals surface area contributed by atoms with Gasteiger partial charge in [0.05, 0.1) is 27.2 Å². The van der Waals surface area contributed by atoms with Crippen molar-refractivity contribution in [3.63, 3.8) is 0 Å². The Labute approximate surface area is 308 Å². The van der Waals surface area contributed by atoms with E-state index in [1.165, 1.54) is 18.2 Å². The summed E-state index contributed by atoms with van der Waals surface area (Å²) in [5.41, 5.74) is 2.71. The predicted molar refractivity (Wildman–Crippen MR) is 202 cm³/mol. The Hall–Kier alpha value is -5.75. The summed E-state index contributed by atoms with van der Waals surface area (Å²) in [7, 11) is 10.1. The zero-order valence-corrected chi connectivity index (χ0v) is 31.2. The molecule has 0 saturated heterocycles. The molecule has 0 aliphatic heterocycles. The number of guanidine groups is 1. The number of anilines is 4. The van der Waals surface area contributed by atoms with Gasteiger partial charge in [0, 0.05) is 80.2 Å². The van der Waals surface area contributed by atoms with Crippen LogP contribution in [0, 0.1) is 0 Å². The third-order valence-corrected chi connectivity index (χ3v) is 7.75. The molecule has 0 unspecified atom stereocenters. The Morgan fingerprint density at radius 1 is 0.627 bits per heavy atom. The van der Waals surface area contributed by atoms with Crippen LogP contribution in [-0.4, -0.2) is 80.9 Å². The van der Waals surface area contributed by atoms with Crippen LogP contribution in [-0.2, 0) is 33.0 Å². The van der Waals surface area contributed by atoms with Crippen LogP contribution in [0.5, 0.6) is 0 Å². The first-order valence-corrected chi connectivity index (χ1v) is 15.9. The molecule has 0 aromatic carbocycles. The van der Waals surface area contributed by atoms with E-state index in [1.54, 1.807) is 91.4 Å². The second-order valence-electron chi connectivity index (χ2n) is 11.1. The number of hydrogen-bond donors (Lipinski definition) is 7. The van der Waals surface area contributed by atoms with E-state index in [0.29, 0.717) is 47.5 Å². The lowest BCUT2D eigenvalue weighted by atomic mass is 10.3. The highest BCUT2D eigenvalue weighted by atomic mass is 79.9. The number of amides is 5. The minimum atomic E-state index is -0.470. The molecule has 0 radical (unpaired) electrons. The van der Waals surface area contributed by atoms with Crippen LogP contribution in [0.15, 0.2) is 65.1 Å². The van der Waals surface area contributed by atoms with Gasteiger partial charge >= 0.3 is 0 Å². The molecule has 4 aromatic rings. The standard InChI is InChI=1S/C32H39BrN12O5.ClH/c1-18(33)27(46)38-19-11-24(43(5)14-19)29(48)40-21-13-26(45(7)16-21)31(50)41-22-12-25(44(6)17-22)30(49)39-20-10-23(42(4)15-20)28(47)36-8-9-37-32(34-2)35-3;/h10-17H,1,8-9H2,2-7H3,(H,36,47)(H,38,46)(H,39,49)(H,40,48)(H,41,50)(H2,34,35,37);1H. The number of hydrogen-bond acceptors (Lipinski definition) is 6. The van der Waals surface area contributed by atoms with Gasteiger partial charge in [0.15, 0.2) is 5.96 Å². The van der Waals surface area contributed by atoms with E-state index in [1.807, 2.05) is 0 Å². The van der Waals surface area contributed by atoms with Crippen molar-refractivity contribution in [3.05, 3.63) is 82.9 Å². The molecule has 4 heterocycles. The maximum absolute atomic E-state index is 13.2. The maximum Gasteiger partial charge on any atom is 0.272 e. The molecule has 0 atom stereocenters. The van der Waals surface area contributed by atoms with Crippen LogP contribution >= 0.6 is 28.3 Å². The fourth-order valence-electron chi connectivity index (χ4n) is 4.95. The second kappa shape index (κ2) is 17.3. The summed E-state index contributed by atoms with van der Waals surface area (Å²) in [6.07, 6.45) is 6.39. The number of aliphatic imine (C=N–C) groups is 1. The van der Waals surface area contributed by atoms with Crippen LogP contribution in [0.4, 0.5) is 22.7 Å². The Morgan fingerprint density at radius 3 is 1.29 bits per heavy atom. The average molecular weight is 788 g/mol. The van der Waals surface area contributed by atoms with Crippen LogP contribution in [0.3, 0.4) is 0 Å². The summed E-state index contributed by atoms with van der Waals surface area (Å²) >= 11 is 3.02. The summed E-state index contributed by atoms with van der Waals surface area (Å²) in [5, 5.41) is 19.7. The van der Waals surface area contributed by atoms with Gasteiger partial charge in [0.25, 0.3) is 29.5 Å². The molecule has 17 nitrogen and oxygen atoms in total. The summed E-state index contributed by atoms with van der Waals surface area (Å²) in [6, 6.07) is 6.13. The number of halogens is 2. The normalized spacial score (nSPS) is 10.8. The number of nitrogens with one attached hydrogen (secondary N) is 7. The summed E-state index contributed by atoms with van der Waals surface area (Å²) in [6.45, 7) is 4.35. The largest absolute Gasteiger partial charge is 0.359 e. The first-order chi connectivity index (χ1) is 23.7. The van der Waals surface area contributed by atoms with Crippen molar-refractivity contribution < 1.29 is 24.0 Å². The van der Waals surface area contributed by atoms with Gasteiger partial charge in [-0.1, -0.05) is 6.58 Å². The van der Waals surface area contributed by atoms with Gasteiger partial charge in [0.1, 0.15) is 22.8 Å². The van der Waals surface area contributed by atoms with Crippen molar-refractivity contribution in [1.29, 1.82) is 0 Å². The SMILES string of the molecule is C=C(Br)C(=O)Nc1cc(C(=O)Nc2cc(C(=O)Nc3cc(C(=O)Nc4cc(C(=O)NCCNC(=NC)NC)n(C)c4)n(C)c3)n(C)c2)n(C)c1.Cl. The minimum absolute atomic E-state index is 0. The zero-order valence-electron chi connectivity index (χ0n) is 28.8. The van der Waals surface area contributed by atoms with Crippen molar-refractivity contribution in [3.8, 4) is 0 Å².